The Bertz CT molecular complexity index is 1690. The number of halogens is 1. The Kier molecular flexibility index (Phi) is 7.95. The smallest absolute Gasteiger partial charge is 0.274 e. The molecule has 8 nitrogen and oxygen atoms in total. The number of pyridine rings is 1. The molecule has 1 fully saturated rings. The van der Waals surface area contributed by atoms with Crippen molar-refractivity contribution in [1.29, 1.82) is 0 Å². The van der Waals surface area contributed by atoms with Gasteiger partial charge in [0.05, 0.1) is 0 Å². The number of hydrogen-bond acceptors (Lipinski definition) is 4. The minimum absolute atomic E-state index is 0.0116. The number of carbonyl (C=O) groups excluding carboxylic acids is 2. The van der Waals surface area contributed by atoms with Crippen LogP contribution >= 0.6 is 11.6 Å². The van der Waals surface area contributed by atoms with Crippen LogP contribution in [0.1, 0.15) is 59.8 Å². The van der Waals surface area contributed by atoms with Crippen molar-refractivity contribution in [2.75, 3.05) is 0 Å². The predicted molar refractivity (Wildman–Crippen MR) is 162 cm³/mol. The van der Waals surface area contributed by atoms with Gasteiger partial charge in [0.1, 0.15) is 22.7 Å². The van der Waals surface area contributed by atoms with Crippen LogP contribution in [0.4, 0.5) is 0 Å². The van der Waals surface area contributed by atoms with Crippen molar-refractivity contribution in [3.05, 3.63) is 80.4 Å². The molecule has 9 heteroatoms. The first kappa shape index (κ1) is 28.5. The number of hydrogen-bond donors (Lipinski definition) is 3. The minimum atomic E-state index is -0.251. The summed E-state index contributed by atoms with van der Waals surface area (Å²) in [6.07, 6.45) is 4.98. The Morgan fingerprint density at radius 1 is 0.951 bits per heavy atom. The predicted octanol–water partition coefficient (Wildman–Crippen LogP) is 6.08. The van der Waals surface area contributed by atoms with Gasteiger partial charge in [-0.3, -0.25) is 14.4 Å². The Labute approximate surface area is 244 Å². The molecule has 1 saturated carbocycles. The number of nitrogens with one attached hydrogen (secondary N) is 3. The van der Waals surface area contributed by atoms with Gasteiger partial charge in [0, 0.05) is 48.2 Å². The van der Waals surface area contributed by atoms with Gasteiger partial charge in [-0.2, -0.15) is 0 Å². The third-order valence-electron chi connectivity index (χ3n) is 7.69. The monoisotopic (exact) mass is 574 g/mol. The average Bonchev–Trinajstić information content (AvgIpc) is 3.35. The first-order chi connectivity index (χ1) is 19.5. The van der Waals surface area contributed by atoms with Gasteiger partial charge in [0.25, 0.3) is 11.5 Å². The maximum atomic E-state index is 13.2. The summed E-state index contributed by atoms with van der Waals surface area (Å²) in [6.45, 7) is 7.44. The molecule has 41 heavy (non-hydrogen) atoms. The number of ether oxygens (including phenoxy) is 1. The van der Waals surface area contributed by atoms with E-state index in [0.29, 0.717) is 27.4 Å². The van der Waals surface area contributed by atoms with Gasteiger partial charge in [0.2, 0.25) is 5.91 Å². The van der Waals surface area contributed by atoms with Crippen molar-refractivity contribution >= 4 is 34.3 Å². The fourth-order valence-corrected chi connectivity index (χ4v) is 6.08. The molecule has 0 bridgehead atoms. The second-order valence-corrected chi connectivity index (χ2v) is 11.6. The van der Waals surface area contributed by atoms with Crippen LogP contribution in [0.5, 0.6) is 11.5 Å². The Hall–Kier alpha value is -4.04. The number of rotatable bonds is 6. The van der Waals surface area contributed by atoms with Crippen molar-refractivity contribution in [1.82, 2.24) is 20.2 Å². The lowest BCUT2D eigenvalue weighted by Gasteiger charge is -2.29. The highest BCUT2D eigenvalue weighted by atomic mass is 35.5. The normalized spacial score (nSPS) is 16.9. The zero-order valence-corrected chi connectivity index (χ0v) is 24.7. The molecule has 2 aromatic heterocycles. The number of nitrogens with zero attached hydrogens (tertiary/aromatic N) is 1. The minimum Gasteiger partial charge on any atom is -0.457 e. The van der Waals surface area contributed by atoms with E-state index in [-0.39, 0.29) is 29.5 Å². The molecule has 214 valence electrons. The molecule has 2 aromatic carbocycles. The number of aromatic amines is 1. The second kappa shape index (κ2) is 11.4. The van der Waals surface area contributed by atoms with Gasteiger partial charge in [-0.15, -0.1) is 0 Å². The van der Waals surface area contributed by atoms with Crippen molar-refractivity contribution < 1.29 is 14.3 Å². The fourth-order valence-electron chi connectivity index (χ4n) is 5.76. The second-order valence-electron chi connectivity index (χ2n) is 11.2. The lowest BCUT2D eigenvalue weighted by Crippen LogP contribution is -2.43. The number of carbonyl (C=O) groups is 2. The summed E-state index contributed by atoms with van der Waals surface area (Å²) < 4.78 is 7.86. The van der Waals surface area contributed by atoms with Crippen LogP contribution in [0, 0.1) is 20.8 Å². The summed E-state index contributed by atoms with van der Waals surface area (Å²) in [5.41, 5.74) is 5.04. The van der Waals surface area contributed by atoms with Crippen molar-refractivity contribution in [3.63, 3.8) is 0 Å². The Morgan fingerprint density at radius 3 is 2.22 bits per heavy atom. The summed E-state index contributed by atoms with van der Waals surface area (Å²) in [4.78, 5) is 40.7. The average molecular weight is 575 g/mol. The van der Waals surface area contributed by atoms with Crippen LogP contribution in [0.25, 0.3) is 22.0 Å². The fraction of sp³-hybridized carbons (Fsp3) is 0.344. The molecular weight excluding hydrogens is 540 g/mol. The molecule has 0 saturated heterocycles. The third-order valence-corrected chi connectivity index (χ3v) is 7.90. The van der Waals surface area contributed by atoms with E-state index in [9.17, 15) is 14.4 Å². The van der Waals surface area contributed by atoms with Gasteiger partial charge in [0.15, 0.2) is 0 Å². The summed E-state index contributed by atoms with van der Waals surface area (Å²) in [5.74, 6) is 1.14. The summed E-state index contributed by atoms with van der Waals surface area (Å²) in [7, 11) is 1.70. The first-order valence-corrected chi connectivity index (χ1v) is 14.2. The van der Waals surface area contributed by atoms with E-state index < -0.39 is 0 Å². The number of H-pyrrole nitrogens is 1. The number of aromatic nitrogens is 2. The van der Waals surface area contributed by atoms with Gasteiger partial charge >= 0.3 is 0 Å². The van der Waals surface area contributed by atoms with Gasteiger partial charge in [-0.25, -0.2) is 0 Å². The molecule has 0 spiro atoms. The van der Waals surface area contributed by atoms with Gasteiger partial charge < -0.3 is 24.9 Å². The summed E-state index contributed by atoms with van der Waals surface area (Å²) in [5, 5.41) is 7.39. The van der Waals surface area contributed by atoms with Crippen LogP contribution in [0.15, 0.2) is 47.4 Å². The van der Waals surface area contributed by atoms with Crippen LogP contribution in [-0.2, 0) is 11.8 Å². The molecule has 5 rings (SSSR count). The molecule has 1 aliphatic carbocycles. The van der Waals surface area contributed by atoms with Crippen molar-refractivity contribution in [2.24, 2.45) is 7.05 Å². The molecule has 3 N–H and O–H groups in total. The van der Waals surface area contributed by atoms with Gasteiger partial charge in [-0.05, 0) is 99.0 Å². The number of amides is 2. The third kappa shape index (κ3) is 6.17. The van der Waals surface area contributed by atoms with E-state index in [1.54, 1.807) is 19.3 Å². The van der Waals surface area contributed by atoms with Crippen LogP contribution in [0.2, 0.25) is 5.02 Å². The van der Waals surface area contributed by atoms with Crippen molar-refractivity contribution in [3.8, 4) is 22.6 Å². The number of benzene rings is 2. The van der Waals surface area contributed by atoms with E-state index in [0.717, 1.165) is 59.3 Å². The molecule has 0 aliphatic heterocycles. The number of fused-ring (bicyclic) bond motifs is 1. The molecular formula is C32H35ClN4O4. The SMILES string of the molecule is CC(=O)NC1CCC(NC(=O)c2cc3c(-c4cc(C)cc(Oc5c(C)cc(Cl)cc5C)c4)cn(C)c(=O)c3[nH]2)CC1. The molecule has 2 amide bonds. The van der Waals surface area contributed by atoms with E-state index in [1.807, 2.05) is 51.1 Å². The zero-order valence-electron chi connectivity index (χ0n) is 24.0. The Balaban J connectivity index is 1.45. The lowest BCUT2D eigenvalue weighted by molar-refractivity contribution is -0.119. The van der Waals surface area contributed by atoms with Crippen molar-refractivity contribution in [2.45, 2.75) is 65.5 Å². The molecule has 4 aromatic rings. The topological polar surface area (TPSA) is 105 Å². The molecule has 0 unspecified atom stereocenters. The number of aryl methyl sites for hydroxylation is 4. The molecule has 2 heterocycles. The maximum absolute atomic E-state index is 13.2. The van der Waals surface area contributed by atoms with Crippen LogP contribution in [0.3, 0.4) is 0 Å². The van der Waals surface area contributed by atoms with E-state index >= 15 is 0 Å². The standard InChI is InChI=1S/C32H35ClN4O4/c1-17-10-21(14-25(11-17)41-30-18(2)12-22(33)13-19(30)3)27-16-37(5)32(40)29-26(27)15-28(36-29)31(39)35-24-8-6-23(7-9-24)34-20(4)38/h10-16,23-24,36H,6-9H2,1-5H3,(H,34,38)(H,35,39). The van der Waals surface area contributed by atoms with Crippen LogP contribution in [-0.4, -0.2) is 33.4 Å². The largest absolute Gasteiger partial charge is 0.457 e. The first-order valence-electron chi connectivity index (χ1n) is 13.9. The van der Waals surface area contributed by atoms with E-state index in [2.05, 4.69) is 15.6 Å². The molecule has 1 aliphatic rings. The van der Waals surface area contributed by atoms with Crippen LogP contribution < -0.4 is 20.9 Å². The molecule has 0 radical (unpaired) electrons. The highest BCUT2D eigenvalue weighted by Gasteiger charge is 2.24. The zero-order chi connectivity index (χ0) is 29.4. The lowest BCUT2D eigenvalue weighted by atomic mass is 9.91. The highest BCUT2D eigenvalue weighted by Crippen LogP contribution is 2.36. The molecule has 0 atom stereocenters. The maximum Gasteiger partial charge on any atom is 0.274 e. The summed E-state index contributed by atoms with van der Waals surface area (Å²) in [6, 6.07) is 11.6. The van der Waals surface area contributed by atoms with Gasteiger partial charge in [-0.1, -0.05) is 17.7 Å². The quantitative estimate of drug-likeness (QED) is 0.259. The Morgan fingerprint density at radius 2 is 1.59 bits per heavy atom. The summed E-state index contributed by atoms with van der Waals surface area (Å²) >= 11 is 6.21. The highest BCUT2D eigenvalue weighted by molar-refractivity contribution is 6.30. The van der Waals surface area contributed by atoms with E-state index in [4.69, 9.17) is 16.3 Å². The van der Waals surface area contributed by atoms with E-state index in [1.165, 1.54) is 11.5 Å².